The Morgan fingerprint density at radius 3 is 2.76 bits per heavy atom. The van der Waals surface area contributed by atoms with Gasteiger partial charge in [0.2, 0.25) is 0 Å². The van der Waals surface area contributed by atoms with Gasteiger partial charge in [-0.15, -0.1) is 0 Å². The molecule has 0 saturated heterocycles. The minimum absolute atomic E-state index is 0.180. The quantitative estimate of drug-likeness (QED) is 0.382. The average molecular weight is 467 g/mol. The average Bonchev–Trinajstić information content (AvgIpc) is 2.82. The molecule has 1 aromatic heterocycles. The van der Waals surface area contributed by atoms with Gasteiger partial charge in [0.1, 0.15) is 37.0 Å². The number of nitrogens with zero attached hydrogens (tertiary/aromatic N) is 3. The molecule has 0 aliphatic rings. The van der Waals surface area contributed by atoms with Crippen molar-refractivity contribution in [1.29, 1.82) is 0 Å². The van der Waals surface area contributed by atoms with Gasteiger partial charge in [0, 0.05) is 23.7 Å². The van der Waals surface area contributed by atoms with Crippen LogP contribution < -0.4 is 10.1 Å². The van der Waals surface area contributed by atoms with Gasteiger partial charge in [0.15, 0.2) is 0 Å². The van der Waals surface area contributed by atoms with Crippen LogP contribution in [0.4, 0.5) is 15.9 Å². The van der Waals surface area contributed by atoms with Gasteiger partial charge in [-0.3, -0.25) is 4.79 Å². The molecule has 0 aliphatic carbocycles. The van der Waals surface area contributed by atoms with Crippen molar-refractivity contribution in [3.05, 3.63) is 89.0 Å². The molecule has 4 aromatic rings. The minimum atomic E-state index is -0.389. The Hall–Kier alpha value is -3.75. The highest BCUT2D eigenvalue weighted by Crippen LogP contribution is 2.31. The first-order valence-corrected chi connectivity index (χ1v) is 10.4. The lowest BCUT2D eigenvalue weighted by atomic mass is 10.1. The van der Waals surface area contributed by atoms with Crippen LogP contribution in [0, 0.1) is 5.82 Å². The Bertz CT molecular complexity index is 1320. The van der Waals surface area contributed by atoms with E-state index in [4.69, 9.17) is 16.3 Å². The maximum atomic E-state index is 13.3. The highest BCUT2D eigenvalue weighted by atomic mass is 35.5. The van der Waals surface area contributed by atoms with Crippen LogP contribution in [0.25, 0.3) is 10.9 Å². The highest BCUT2D eigenvalue weighted by molar-refractivity contribution is 6.32. The third-order valence-corrected chi connectivity index (χ3v) is 5.21. The van der Waals surface area contributed by atoms with Gasteiger partial charge in [-0.2, -0.15) is 0 Å². The number of halogens is 2. The van der Waals surface area contributed by atoms with Crippen LogP contribution in [0.15, 0.2) is 67.0 Å². The number of ether oxygens (including phenoxy) is 1. The maximum Gasteiger partial charge on any atom is 0.255 e. The number of aliphatic hydroxyl groups excluding tert-OH is 1. The Morgan fingerprint density at radius 2 is 2.00 bits per heavy atom. The van der Waals surface area contributed by atoms with Crippen molar-refractivity contribution in [3.63, 3.8) is 0 Å². The zero-order valence-corrected chi connectivity index (χ0v) is 18.4. The van der Waals surface area contributed by atoms with Crippen LogP contribution in [0.2, 0.25) is 5.02 Å². The van der Waals surface area contributed by atoms with E-state index in [0.717, 1.165) is 0 Å². The van der Waals surface area contributed by atoms with E-state index in [1.807, 2.05) is 0 Å². The van der Waals surface area contributed by atoms with Crippen molar-refractivity contribution in [2.24, 2.45) is 0 Å². The Balaban J connectivity index is 1.55. The van der Waals surface area contributed by atoms with Crippen molar-refractivity contribution in [2.45, 2.75) is 6.61 Å². The van der Waals surface area contributed by atoms with Gasteiger partial charge in [-0.1, -0.05) is 23.7 Å². The van der Waals surface area contributed by atoms with Gasteiger partial charge >= 0.3 is 0 Å². The number of benzene rings is 3. The first-order valence-electron chi connectivity index (χ1n) is 9.99. The second-order valence-corrected chi connectivity index (χ2v) is 7.69. The molecule has 0 spiro atoms. The van der Waals surface area contributed by atoms with Crippen LogP contribution in [0.5, 0.6) is 5.75 Å². The molecule has 1 amide bonds. The summed E-state index contributed by atoms with van der Waals surface area (Å²) in [5.74, 6) is 0.300. The standard InChI is InChI=1S/C24H20ClFN4O3/c1-30(14-31)24(32)16-5-7-21-19(10-16)23(28-13-27-21)29-18-6-8-22(20(25)11-18)33-12-15-3-2-4-17(26)9-15/h2-11,13,31H,12,14H2,1H3,(H,27,28,29). The largest absolute Gasteiger partial charge is 0.487 e. The minimum Gasteiger partial charge on any atom is -0.487 e. The van der Waals surface area contributed by atoms with Crippen molar-refractivity contribution in [2.75, 3.05) is 19.1 Å². The first-order chi connectivity index (χ1) is 15.9. The summed E-state index contributed by atoms with van der Waals surface area (Å²) in [6, 6.07) is 16.4. The van der Waals surface area contributed by atoms with Crippen LogP contribution in [-0.4, -0.2) is 39.7 Å². The molecule has 0 fully saturated rings. The molecule has 33 heavy (non-hydrogen) atoms. The van der Waals surface area contributed by atoms with Gasteiger partial charge in [-0.05, 0) is 54.1 Å². The normalized spacial score (nSPS) is 10.8. The van der Waals surface area contributed by atoms with Gasteiger partial charge in [0.05, 0.1) is 10.5 Å². The molecule has 0 aliphatic heterocycles. The second kappa shape index (κ2) is 9.81. The molecule has 9 heteroatoms. The van der Waals surface area contributed by atoms with E-state index in [1.54, 1.807) is 48.5 Å². The molecule has 0 atom stereocenters. The lowest BCUT2D eigenvalue weighted by Gasteiger charge is -2.15. The third-order valence-electron chi connectivity index (χ3n) is 4.92. The summed E-state index contributed by atoms with van der Waals surface area (Å²) in [4.78, 5) is 22.1. The van der Waals surface area contributed by atoms with E-state index >= 15 is 0 Å². The van der Waals surface area contributed by atoms with Crippen molar-refractivity contribution in [1.82, 2.24) is 14.9 Å². The number of carbonyl (C=O) groups excluding carboxylic acids is 1. The van der Waals surface area contributed by atoms with Crippen LogP contribution in [-0.2, 0) is 6.61 Å². The van der Waals surface area contributed by atoms with Gasteiger partial charge in [0.25, 0.3) is 5.91 Å². The molecule has 4 rings (SSSR count). The molecule has 3 aromatic carbocycles. The van der Waals surface area contributed by atoms with E-state index in [0.29, 0.717) is 44.3 Å². The predicted molar refractivity (Wildman–Crippen MR) is 124 cm³/mol. The smallest absolute Gasteiger partial charge is 0.255 e. The Kier molecular flexibility index (Phi) is 6.67. The van der Waals surface area contributed by atoms with Crippen molar-refractivity contribution in [3.8, 4) is 5.75 Å². The van der Waals surface area contributed by atoms with Crippen molar-refractivity contribution >= 4 is 39.9 Å². The van der Waals surface area contributed by atoms with Crippen LogP contribution in [0.1, 0.15) is 15.9 Å². The molecule has 0 radical (unpaired) electrons. The lowest BCUT2D eigenvalue weighted by molar-refractivity contribution is 0.0630. The number of hydrogen-bond donors (Lipinski definition) is 2. The number of rotatable bonds is 7. The molecule has 168 valence electrons. The monoisotopic (exact) mass is 466 g/mol. The number of amides is 1. The number of nitrogens with one attached hydrogen (secondary N) is 1. The van der Waals surface area contributed by atoms with Gasteiger partial charge < -0.3 is 20.1 Å². The topological polar surface area (TPSA) is 87.6 Å². The molecule has 2 N–H and O–H groups in total. The molecule has 0 unspecified atom stereocenters. The number of aromatic nitrogens is 2. The number of hydrogen-bond acceptors (Lipinski definition) is 6. The molecule has 0 bridgehead atoms. The molecular formula is C24H20ClFN4O3. The summed E-state index contributed by atoms with van der Waals surface area (Å²) in [7, 11) is 1.51. The third kappa shape index (κ3) is 5.19. The Morgan fingerprint density at radius 1 is 1.15 bits per heavy atom. The van der Waals surface area contributed by atoms with E-state index in [2.05, 4.69) is 15.3 Å². The number of anilines is 2. The summed E-state index contributed by atoms with van der Waals surface area (Å²) in [6.45, 7) is -0.209. The predicted octanol–water partition coefficient (Wildman–Crippen LogP) is 4.77. The fraction of sp³-hybridized carbons (Fsp3) is 0.125. The molecular weight excluding hydrogens is 447 g/mol. The number of aliphatic hydroxyl groups is 1. The fourth-order valence-corrected chi connectivity index (χ4v) is 3.43. The summed E-state index contributed by atoms with van der Waals surface area (Å²) >= 11 is 6.38. The Labute approximate surface area is 194 Å². The molecule has 1 heterocycles. The number of carbonyl (C=O) groups is 1. The van der Waals surface area contributed by atoms with E-state index in [9.17, 15) is 14.3 Å². The zero-order valence-electron chi connectivity index (χ0n) is 17.6. The maximum absolute atomic E-state index is 13.3. The summed E-state index contributed by atoms with van der Waals surface area (Å²) in [6.07, 6.45) is 1.42. The van der Waals surface area contributed by atoms with E-state index in [-0.39, 0.29) is 25.1 Å². The second-order valence-electron chi connectivity index (χ2n) is 7.29. The molecule has 0 saturated carbocycles. The molecule has 7 nitrogen and oxygen atoms in total. The first kappa shape index (κ1) is 22.4. The summed E-state index contributed by atoms with van der Waals surface area (Å²) in [5.41, 5.74) is 2.40. The van der Waals surface area contributed by atoms with Crippen molar-refractivity contribution < 1.29 is 19.0 Å². The summed E-state index contributed by atoms with van der Waals surface area (Å²) in [5, 5.41) is 13.4. The lowest BCUT2D eigenvalue weighted by Crippen LogP contribution is -2.27. The summed E-state index contributed by atoms with van der Waals surface area (Å²) < 4.78 is 19.1. The van der Waals surface area contributed by atoms with E-state index in [1.165, 1.54) is 30.4 Å². The van der Waals surface area contributed by atoms with Crippen LogP contribution in [0.3, 0.4) is 0 Å². The fourth-order valence-electron chi connectivity index (χ4n) is 3.19. The number of fused-ring (bicyclic) bond motifs is 1. The van der Waals surface area contributed by atoms with Crippen LogP contribution >= 0.6 is 11.6 Å². The van der Waals surface area contributed by atoms with E-state index < -0.39 is 0 Å². The highest BCUT2D eigenvalue weighted by Gasteiger charge is 2.14. The zero-order chi connectivity index (χ0) is 23.4. The SMILES string of the molecule is CN(CO)C(=O)c1ccc2ncnc(Nc3ccc(OCc4cccc(F)c4)c(Cl)c3)c2c1. The van der Waals surface area contributed by atoms with Gasteiger partial charge in [-0.25, -0.2) is 14.4 Å².